The van der Waals surface area contributed by atoms with E-state index in [-0.39, 0.29) is 0 Å². The standard InChI is InChI=1S/2C8H19P.C8H10/c2*1-7(2,3)9-8(4,5)6;1-7-5-3-4-6-8(7)2/h2*9H,1-6H3;3-6H,1-2H3. The van der Waals surface area contributed by atoms with Crippen LogP contribution in [0.25, 0.3) is 0 Å². The molecule has 0 saturated heterocycles. The van der Waals surface area contributed by atoms with Crippen LogP contribution in [0.3, 0.4) is 0 Å². The largest absolute Gasteiger partial charge is 0.111 e. The molecule has 2 heteroatoms. The molecule has 0 heterocycles. The molecule has 154 valence electrons. The van der Waals surface area contributed by atoms with Crippen molar-refractivity contribution in [3.05, 3.63) is 35.4 Å². The third kappa shape index (κ3) is 24.1. The number of hydrogen-bond acceptors (Lipinski definition) is 0. The number of aryl methyl sites for hydroxylation is 2. The van der Waals surface area contributed by atoms with E-state index in [1.165, 1.54) is 11.1 Å². The average molecular weight is 399 g/mol. The molecule has 0 spiro atoms. The van der Waals surface area contributed by atoms with Crippen LogP contribution in [0.4, 0.5) is 0 Å². The topological polar surface area (TPSA) is 0 Å². The van der Waals surface area contributed by atoms with Crippen LogP contribution < -0.4 is 0 Å². The molecule has 1 aromatic carbocycles. The van der Waals surface area contributed by atoms with Crippen LogP contribution in [0.2, 0.25) is 0 Å². The van der Waals surface area contributed by atoms with E-state index in [9.17, 15) is 0 Å². The highest BCUT2D eigenvalue weighted by molar-refractivity contribution is 7.42. The Bertz CT molecular complexity index is 418. The Balaban J connectivity index is 0. The summed E-state index contributed by atoms with van der Waals surface area (Å²) in [6.07, 6.45) is 0. The summed E-state index contributed by atoms with van der Waals surface area (Å²) < 4.78 is 0. The summed E-state index contributed by atoms with van der Waals surface area (Å²) in [6, 6.07) is 8.36. The van der Waals surface area contributed by atoms with E-state index in [1.807, 2.05) is 0 Å². The molecule has 0 aromatic heterocycles. The lowest BCUT2D eigenvalue weighted by molar-refractivity contribution is 0.724. The zero-order valence-electron chi connectivity index (χ0n) is 20.3. The lowest BCUT2D eigenvalue weighted by atomic mass is 10.1. The van der Waals surface area contributed by atoms with Crippen molar-refractivity contribution in [2.45, 2.75) is 118 Å². The predicted molar refractivity (Wildman–Crippen MR) is 132 cm³/mol. The highest BCUT2D eigenvalue weighted by Crippen LogP contribution is 2.42. The summed E-state index contributed by atoms with van der Waals surface area (Å²) in [5.74, 6) is 0. The van der Waals surface area contributed by atoms with Gasteiger partial charge in [-0.1, -0.05) is 107 Å². The third-order valence-corrected chi connectivity index (χ3v) is 5.93. The Morgan fingerprint density at radius 3 is 0.731 bits per heavy atom. The van der Waals surface area contributed by atoms with Crippen LogP contribution in [0.15, 0.2) is 24.3 Å². The number of hydrogen-bond donors (Lipinski definition) is 0. The molecule has 1 rings (SSSR count). The minimum atomic E-state index is 0.512. The molecule has 0 atom stereocenters. The summed E-state index contributed by atoms with van der Waals surface area (Å²) in [4.78, 5) is 0. The van der Waals surface area contributed by atoms with Crippen LogP contribution in [-0.4, -0.2) is 20.6 Å². The van der Waals surface area contributed by atoms with Gasteiger partial charge in [-0.25, -0.2) is 0 Å². The van der Waals surface area contributed by atoms with Gasteiger partial charge in [0, 0.05) is 0 Å². The van der Waals surface area contributed by atoms with Gasteiger partial charge in [0.25, 0.3) is 0 Å². The van der Waals surface area contributed by atoms with E-state index in [0.29, 0.717) is 20.6 Å². The van der Waals surface area contributed by atoms with Crippen LogP contribution in [0.5, 0.6) is 0 Å². The molecule has 0 aliphatic rings. The fourth-order valence-corrected chi connectivity index (χ4v) is 7.41. The maximum Gasteiger partial charge on any atom is -0.0202 e. The molecule has 0 radical (unpaired) electrons. The molecule has 0 amide bonds. The van der Waals surface area contributed by atoms with Gasteiger partial charge in [0.15, 0.2) is 0 Å². The molecule has 0 saturated carbocycles. The highest BCUT2D eigenvalue weighted by Gasteiger charge is 2.20. The zero-order chi connectivity index (χ0) is 21.4. The van der Waals surface area contributed by atoms with Crippen molar-refractivity contribution in [2.75, 3.05) is 0 Å². The van der Waals surface area contributed by atoms with E-state index in [2.05, 4.69) is 121 Å². The Morgan fingerprint density at radius 2 is 0.654 bits per heavy atom. The van der Waals surface area contributed by atoms with Gasteiger partial charge in [0.1, 0.15) is 0 Å². The summed E-state index contributed by atoms with van der Waals surface area (Å²) in [7, 11) is 2.10. The quantitative estimate of drug-likeness (QED) is 0.383. The van der Waals surface area contributed by atoms with Crippen molar-refractivity contribution < 1.29 is 0 Å². The first-order valence-corrected chi connectivity index (χ1v) is 11.8. The van der Waals surface area contributed by atoms with Gasteiger partial charge in [0.05, 0.1) is 0 Å². The van der Waals surface area contributed by atoms with Gasteiger partial charge in [-0.15, -0.1) is 17.2 Å². The van der Waals surface area contributed by atoms with Crippen LogP contribution >= 0.6 is 17.2 Å². The van der Waals surface area contributed by atoms with Gasteiger partial charge in [-0.3, -0.25) is 0 Å². The zero-order valence-corrected chi connectivity index (χ0v) is 22.3. The number of rotatable bonds is 0. The lowest BCUT2D eigenvalue weighted by Crippen LogP contribution is -2.16. The molecule has 0 fully saturated rings. The Morgan fingerprint density at radius 1 is 0.462 bits per heavy atom. The third-order valence-electron chi connectivity index (χ3n) is 2.93. The first-order chi connectivity index (χ1) is 11.2. The van der Waals surface area contributed by atoms with Gasteiger partial charge in [0.2, 0.25) is 0 Å². The van der Waals surface area contributed by atoms with E-state index >= 15 is 0 Å². The van der Waals surface area contributed by atoms with Crippen LogP contribution in [-0.2, 0) is 0 Å². The molecule has 0 unspecified atom stereocenters. The molecular formula is C24H48P2. The Labute approximate surface area is 170 Å². The molecule has 0 nitrogen and oxygen atoms in total. The smallest absolute Gasteiger partial charge is 0.0202 e. The van der Waals surface area contributed by atoms with Crippen molar-refractivity contribution in [2.24, 2.45) is 0 Å². The second-order valence-corrected chi connectivity index (χ2v) is 17.8. The van der Waals surface area contributed by atoms with Crippen molar-refractivity contribution >= 4 is 17.2 Å². The monoisotopic (exact) mass is 398 g/mol. The summed E-state index contributed by atoms with van der Waals surface area (Å²) in [6.45, 7) is 31.9. The first kappa shape index (κ1) is 28.3. The first-order valence-electron chi connectivity index (χ1n) is 9.83. The molecular weight excluding hydrogens is 350 g/mol. The van der Waals surface area contributed by atoms with E-state index in [4.69, 9.17) is 0 Å². The van der Waals surface area contributed by atoms with Crippen molar-refractivity contribution in [1.29, 1.82) is 0 Å². The minimum Gasteiger partial charge on any atom is -0.111 e. The SMILES string of the molecule is CC(C)(C)PC(C)(C)C.CC(C)(C)PC(C)(C)C.Cc1ccccc1C. The number of benzene rings is 1. The maximum atomic E-state index is 2.30. The van der Waals surface area contributed by atoms with Gasteiger partial charge < -0.3 is 0 Å². The van der Waals surface area contributed by atoms with Crippen molar-refractivity contribution in [1.82, 2.24) is 0 Å². The lowest BCUT2D eigenvalue weighted by Gasteiger charge is -2.28. The second-order valence-electron chi connectivity index (χ2n) is 11.3. The fourth-order valence-electron chi connectivity index (χ4n) is 2.91. The molecule has 0 bridgehead atoms. The fraction of sp³-hybridized carbons (Fsp3) is 0.750. The Kier molecular flexibility index (Phi) is 12.2. The highest BCUT2D eigenvalue weighted by atomic mass is 31.1. The van der Waals surface area contributed by atoms with Crippen LogP contribution in [0.1, 0.15) is 94.2 Å². The molecule has 0 aliphatic carbocycles. The maximum absolute atomic E-state index is 2.30. The van der Waals surface area contributed by atoms with E-state index in [0.717, 1.165) is 17.2 Å². The molecule has 1 aromatic rings. The molecule has 0 aliphatic heterocycles. The van der Waals surface area contributed by atoms with Crippen molar-refractivity contribution in [3.8, 4) is 0 Å². The van der Waals surface area contributed by atoms with Gasteiger partial charge in [-0.2, -0.15) is 0 Å². The van der Waals surface area contributed by atoms with E-state index in [1.54, 1.807) is 0 Å². The normalized spacial score (nSPS) is 12.5. The Hall–Kier alpha value is 0.0800. The summed E-state index contributed by atoms with van der Waals surface area (Å²) in [5.41, 5.74) is 2.74. The second kappa shape index (κ2) is 11.2. The minimum absolute atomic E-state index is 0.512. The molecule has 0 N–H and O–H groups in total. The van der Waals surface area contributed by atoms with Gasteiger partial charge in [-0.05, 0) is 45.6 Å². The average Bonchev–Trinajstić information content (AvgIpc) is 2.24. The van der Waals surface area contributed by atoms with Gasteiger partial charge >= 0.3 is 0 Å². The summed E-state index contributed by atoms with van der Waals surface area (Å²) >= 11 is 0. The van der Waals surface area contributed by atoms with E-state index < -0.39 is 0 Å². The summed E-state index contributed by atoms with van der Waals surface area (Å²) in [5, 5.41) is 2.05. The van der Waals surface area contributed by atoms with Crippen LogP contribution in [0, 0.1) is 13.8 Å². The molecule has 26 heavy (non-hydrogen) atoms. The predicted octanol–water partition coefficient (Wildman–Crippen LogP) is 8.83. The van der Waals surface area contributed by atoms with Crippen molar-refractivity contribution in [3.63, 3.8) is 0 Å².